The van der Waals surface area contributed by atoms with Gasteiger partial charge in [-0.25, -0.2) is 21.6 Å². The molecular formula is C12H12F3NO3S. The second-order valence-corrected chi connectivity index (χ2v) is 6.47. The molecule has 1 aliphatic heterocycles. The zero-order valence-electron chi connectivity index (χ0n) is 10.4. The summed E-state index contributed by atoms with van der Waals surface area (Å²) in [6, 6.07) is 0.633. The van der Waals surface area contributed by atoms with Gasteiger partial charge in [0.05, 0.1) is 0 Å². The first kappa shape index (κ1) is 15.0. The van der Waals surface area contributed by atoms with Gasteiger partial charge in [-0.1, -0.05) is 0 Å². The molecular weight excluding hydrogens is 295 g/mol. The van der Waals surface area contributed by atoms with E-state index < -0.39 is 38.3 Å². The molecule has 0 amide bonds. The molecule has 0 N–H and O–H groups in total. The Morgan fingerprint density at radius 3 is 2.35 bits per heavy atom. The molecule has 0 aliphatic carbocycles. The fraction of sp³-hybridized carbons (Fsp3) is 0.417. The molecule has 1 heterocycles. The molecule has 1 aromatic rings. The molecule has 2 rings (SSSR count). The maximum absolute atomic E-state index is 13.6. The van der Waals surface area contributed by atoms with E-state index in [1.54, 1.807) is 0 Å². The maximum atomic E-state index is 13.6. The van der Waals surface area contributed by atoms with Crippen LogP contribution in [-0.4, -0.2) is 32.1 Å². The van der Waals surface area contributed by atoms with E-state index in [-0.39, 0.29) is 13.1 Å². The van der Waals surface area contributed by atoms with E-state index in [0.29, 0.717) is 31.3 Å². The molecule has 0 radical (unpaired) electrons. The molecule has 1 unspecified atom stereocenters. The van der Waals surface area contributed by atoms with E-state index in [4.69, 9.17) is 0 Å². The van der Waals surface area contributed by atoms with Crippen LogP contribution in [0.4, 0.5) is 13.2 Å². The van der Waals surface area contributed by atoms with Crippen LogP contribution < -0.4 is 0 Å². The minimum atomic E-state index is -4.43. The first-order valence-electron chi connectivity index (χ1n) is 5.96. The predicted molar refractivity (Wildman–Crippen MR) is 63.9 cm³/mol. The van der Waals surface area contributed by atoms with E-state index in [1.165, 1.54) is 0 Å². The Morgan fingerprint density at radius 1 is 1.20 bits per heavy atom. The third-order valence-electron chi connectivity index (χ3n) is 3.17. The smallest absolute Gasteiger partial charge is 0.248 e. The highest BCUT2D eigenvalue weighted by Gasteiger charge is 2.34. The van der Waals surface area contributed by atoms with Crippen molar-refractivity contribution >= 4 is 16.3 Å². The number of carbonyl (C=O) groups excluding carboxylic acids is 1. The van der Waals surface area contributed by atoms with Gasteiger partial charge in [-0.05, 0) is 12.8 Å². The molecule has 110 valence electrons. The third kappa shape index (κ3) is 2.71. The number of nitrogens with zero attached hydrogens (tertiary/aromatic N) is 1. The van der Waals surface area contributed by atoms with Gasteiger partial charge in [-0.3, -0.25) is 0 Å². The number of halogens is 3. The van der Waals surface area contributed by atoms with Crippen molar-refractivity contribution in [3.05, 3.63) is 29.6 Å². The van der Waals surface area contributed by atoms with Gasteiger partial charge in [-0.15, -0.1) is 0 Å². The van der Waals surface area contributed by atoms with Crippen molar-refractivity contribution in [1.82, 2.24) is 4.31 Å². The first-order chi connectivity index (χ1) is 9.36. The van der Waals surface area contributed by atoms with Crippen LogP contribution in [-0.2, 0) is 14.8 Å². The SMILES string of the molecule is O=CC1CCCN(S(=O)(=O)c2c(F)cc(F)cc2F)C1. The van der Waals surface area contributed by atoms with Crippen molar-refractivity contribution in [1.29, 1.82) is 0 Å². The highest BCUT2D eigenvalue weighted by Crippen LogP contribution is 2.27. The van der Waals surface area contributed by atoms with Crippen LogP contribution in [0.2, 0.25) is 0 Å². The van der Waals surface area contributed by atoms with Crippen molar-refractivity contribution in [2.45, 2.75) is 17.7 Å². The molecule has 1 atom stereocenters. The standard InChI is InChI=1S/C12H12F3NO3S/c13-9-4-10(14)12(11(15)5-9)20(18,19)16-3-1-2-8(6-16)7-17/h4-5,7-8H,1-3,6H2. The van der Waals surface area contributed by atoms with Crippen molar-refractivity contribution in [3.63, 3.8) is 0 Å². The Morgan fingerprint density at radius 2 is 1.80 bits per heavy atom. The molecule has 8 heteroatoms. The minimum absolute atomic E-state index is 0.0724. The number of piperidine rings is 1. The highest BCUT2D eigenvalue weighted by molar-refractivity contribution is 7.89. The summed E-state index contributed by atoms with van der Waals surface area (Å²) in [5.74, 6) is -4.64. The van der Waals surface area contributed by atoms with Crippen molar-refractivity contribution in [2.75, 3.05) is 13.1 Å². The number of sulfonamides is 1. The summed E-state index contributed by atoms with van der Waals surface area (Å²) in [5.41, 5.74) is 0. The number of rotatable bonds is 3. The minimum Gasteiger partial charge on any atom is -0.303 e. The Kier molecular flexibility index (Phi) is 4.14. The molecule has 1 aliphatic rings. The lowest BCUT2D eigenvalue weighted by Crippen LogP contribution is -2.41. The number of hydrogen-bond donors (Lipinski definition) is 0. The monoisotopic (exact) mass is 307 g/mol. The normalized spacial score (nSPS) is 20.9. The molecule has 1 fully saturated rings. The van der Waals surface area contributed by atoms with Crippen LogP contribution in [0.25, 0.3) is 0 Å². The van der Waals surface area contributed by atoms with Crippen molar-refractivity contribution < 1.29 is 26.4 Å². The van der Waals surface area contributed by atoms with Gasteiger partial charge in [-0.2, -0.15) is 4.31 Å². The largest absolute Gasteiger partial charge is 0.303 e. The fourth-order valence-electron chi connectivity index (χ4n) is 2.21. The number of hydrogen-bond acceptors (Lipinski definition) is 3. The number of aldehydes is 1. The van der Waals surface area contributed by atoms with Crippen LogP contribution in [0, 0.1) is 23.4 Å². The molecule has 4 nitrogen and oxygen atoms in total. The highest BCUT2D eigenvalue weighted by atomic mass is 32.2. The summed E-state index contributed by atoms with van der Waals surface area (Å²) in [6.45, 7) is -0.0506. The Balaban J connectivity index is 2.43. The molecule has 20 heavy (non-hydrogen) atoms. The van der Waals surface area contributed by atoms with Gasteiger partial charge in [0.1, 0.15) is 23.7 Å². The van der Waals surface area contributed by atoms with E-state index in [1.807, 2.05) is 0 Å². The second kappa shape index (κ2) is 5.53. The van der Waals surface area contributed by atoms with Crippen LogP contribution in [0.1, 0.15) is 12.8 Å². The molecule has 0 saturated carbocycles. The van der Waals surface area contributed by atoms with Crippen LogP contribution in [0.5, 0.6) is 0 Å². The zero-order valence-corrected chi connectivity index (χ0v) is 11.2. The van der Waals surface area contributed by atoms with E-state index in [2.05, 4.69) is 0 Å². The van der Waals surface area contributed by atoms with Gasteiger partial charge in [0.25, 0.3) is 0 Å². The second-order valence-electron chi connectivity index (χ2n) is 4.60. The van der Waals surface area contributed by atoms with Crippen LogP contribution >= 0.6 is 0 Å². The maximum Gasteiger partial charge on any atom is 0.248 e. The first-order valence-corrected chi connectivity index (χ1v) is 7.40. The summed E-state index contributed by atoms with van der Waals surface area (Å²) < 4.78 is 65.3. The van der Waals surface area contributed by atoms with Gasteiger partial charge >= 0.3 is 0 Å². The lowest BCUT2D eigenvalue weighted by Gasteiger charge is -2.29. The van der Waals surface area contributed by atoms with Gasteiger partial charge in [0.2, 0.25) is 10.0 Å². The summed E-state index contributed by atoms with van der Waals surface area (Å²) in [5, 5.41) is 0. The van der Waals surface area contributed by atoms with Crippen LogP contribution in [0.15, 0.2) is 17.0 Å². The fourth-order valence-corrected chi connectivity index (χ4v) is 3.83. The summed E-state index contributed by atoms with van der Waals surface area (Å²) in [6.07, 6.45) is 1.58. The quantitative estimate of drug-likeness (QED) is 0.799. The van der Waals surface area contributed by atoms with Crippen molar-refractivity contribution in [3.8, 4) is 0 Å². The van der Waals surface area contributed by atoms with Gasteiger partial charge in [0, 0.05) is 31.1 Å². The van der Waals surface area contributed by atoms with Crippen LogP contribution in [0.3, 0.4) is 0 Å². The zero-order chi connectivity index (χ0) is 14.9. The third-order valence-corrected chi connectivity index (χ3v) is 5.09. The van der Waals surface area contributed by atoms with Gasteiger partial charge in [0.15, 0.2) is 4.90 Å². The molecule has 0 spiro atoms. The Labute approximate surface area is 114 Å². The predicted octanol–water partition coefficient (Wildman–Crippen LogP) is 1.70. The lowest BCUT2D eigenvalue weighted by molar-refractivity contribution is -0.112. The summed E-state index contributed by atoms with van der Waals surface area (Å²) >= 11 is 0. The molecule has 1 aromatic carbocycles. The Hall–Kier alpha value is -1.41. The van der Waals surface area contributed by atoms with Gasteiger partial charge < -0.3 is 4.79 Å². The Bertz CT molecular complexity index is 610. The molecule has 0 aromatic heterocycles. The molecule has 0 bridgehead atoms. The average molecular weight is 307 g/mol. The lowest BCUT2D eigenvalue weighted by atomic mass is 10.0. The van der Waals surface area contributed by atoms with Crippen molar-refractivity contribution in [2.24, 2.45) is 5.92 Å². The summed E-state index contributed by atoms with van der Waals surface area (Å²) in [4.78, 5) is 9.55. The average Bonchev–Trinajstić information content (AvgIpc) is 2.37. The molecule has 1 saturated heterocycles. The van der Waals surface area contributed by atoms with E-state index in [0.717, 1.165) is 4.31 Å². The van der Waals surface area contributed by atoms with E-state index >= 15 is 0 Å². The number of carbonyl (C=O) groups is 1. The number of benzene rings is 1. The summed E-state index contributed by atoms with van der Waals surface area (Å²) in [7, 11) is -4.43. The topological polar surface area (TPSA) is 54.5 Å². The van der Waals surface area contributed by atoms with E-state index in [9.17, 15) is 26.4 Å².